The van der Waals surface area contributed by atoms with Crippen LogP contribution in [0.15, 0.2) is 30.3 Å². The molecule has 0 aliphatic carbocycles. The molecule has 1 aromatic carbocycles. The maximum absolute atomic E-state index is 13.4. The molecule has 4 rings (SSSR count). The largest absolute Gasteiger partial charge is 0.348 e. The van der Waals surface area contributed by atoms with Crippen LogP contribution in [0.5, 0.6) is 0 Å². The summed E-state index contributed by atoms with van der Waals surface area (Å²) >= 11 is 0. The van der Waals surface area contributed by atoms with Crippen LogP contribution in [0.1, 0.15) is 18.4 Å². The number of nitrogens with one attached hydrogen (secondary N) is 1. The highest BCUT2D eigenvalue weighted by Gasteiger charge is 2.34. The van der Waals surface area contributed by atoms with Crippen molar-refractivity contribution >= 4 is 12.0 Å². The molecule has 1 unspecified atom stereocenters. The number of piperidine rings is 3. The van der Waals surface area contributed by atoms with E-state index in [1.807, 2.05) is 0 Å². The minimum Gasteiger partial charge on any atom is -0.348 e. The smallest absolute Gasteiger partial charge is 0.244 e. The molecular weight excluding hydrogens is 255 g/mol. The van der Waals surface area contributed by atoms with E-state index in [1.54, 1.807) is 18.2 Å². The molecule has 3 nitrogen and oxygen atoms in total. The van der Waals surface area contributed by atoms with Gasteiger partial charge in [-0.05, 0) is 44.0 Å². The summed E-state index contributed by atoms with van der Waals surface area (Å²) in [6, 6.07) is 6.70. The molecule has 1 aromatic rings. The van der Waals surface area contributed by atoms with Crippen LogP contribution in [0.2, 0.25) is 0 Å². The van der Waals surface area contributed by atoms with Gasteiger partial charge in [-0.1, -0.05) is 18.2 Å². The van der Waals surface area contributed by atoms with Crippen molar-refractivity contribution in [2.24, 2.45) is 5.92 Å². The Balaban J connectivity index is 1.59. The highest BCUT2D eigenvalue weighted by molar-refractivity contribution is 5.92. The first kappa shape index (κ1) is 13.3. The lowest BCUT2D eigenvalue weighted by Gasteiger charge is -2.44. The zero-order valence-corrected chi connectivity index (χ0v) is 11.4. The Hall–Kier alpha value is -1.68. The molecular formula is C16H19FN2O. The quantitative estimate of drug-likeness (QED) is 0.856. The summed E-state index contributed by atoms with van der Waals surface area (Å²) in [5.74, 6) is 0.164. The van der Waals surface area contributed by atoms with Gasteiger partial charge < -0.3 is 10.2 Å². The fraction of sp³-hybridized carbons (Fsp3) is 0.438. The first-order valence-corrected chi connectivity index (χ1v) is 7.18. The molecule has 0 aromatic heterocycles. The predicted octanol–water partition coefficient (Wildman–Crippen LogP) is 2.05. The van der Waals surface area contributed by atoms with E-state index in [9.17, 15) is 9.18 Å². The van der Waals surface area contributed by atoms with E-state index >= 15 is 0 Å². The Labute approximate surface area is 118 Å². The summed E-state index contributed by atoms with van der Waals surface area (Å²) in [7, 11) is 0. The van der Waals surface area contributed by atoms with Gasteiger partial charge in [0.1, 0.15) is 5.82 Å². The lowest BCUT2D eigenvalue weighted by Crippen LogP contribution is -2.57. The number of nitrogens with zero attached hydrogens (tertiary/aromatic N) is 1. The van der Waals surface area contributed by atoms with Crippen LogP contribution in [0, 0.1) is 11.7 Å². The number of amides is 1. The zero-order valence-electron chi connectivity index (χ0n) is 11.4. The van der Waals surface area contributed by atoms with Crippen LogP contribution in [0.4, 0.5) is 4.39 Å². The normalized spacial score (nSPS) is 28.8. The van der Waals surface area contributed by atoms with Gasteiger partial charge in [0, 0.05) is 24.2 Å². The van der Waals surface area contributed by atoms with Crippen molar-refractivity contribution in [2.75, 3.05) is 19.6 Å². The maximum atomic E-state index is 13.4. The van der Waals surface area contributed by atoms with Gasteiger partial charge in [0.25, 0.3) is 0 Å². The second-order valence-corrected chi connectivity index (χ2v) is 5.61. The molecule has 0 spiro atoms. The van der Waals surface area contributed by atoms with E-state index in [4.69, 9.17) is 0 Å². The molecule has 4 heteroatoms. The van der Waals surface area contributed by atoms with Crippen molar-refractivity contribution < 1.29 is 9.18 Å². The van der Waals surface area contributed by atoms with E-state index in [0.717, 1.165) is 19.6 Å². The van der Waals surface area contributed by atoms with Crippen molar-refractivity contribution in [3.63, 3.8) is 0 Å². The van der Waals surface area contributed by atoms with Gasteiger partial charge in [-0.25, -0.2) is 4.39 Å². The molecule has 0 radical (unpaired) electrons. The third-order valence-corrected chi connectivity index (χ3v) is 4.30. The lowest BCUT2D eigenvalue weighted by molar-refractivity contribution is -0.118. The molecule has 106 valence electrons. The van der Waals surface area contributed by atoms with Gasteiger partial charge >= 0.3 is 0 Å². The summed E-state index contributed by atoms with van der Waals surface area (Å²) in [4.78, 5) is 14.3. The molecule has 1 atom stereocenters. The molecule has 20 heavy (non-hydrogen) atoms. The summed E-state index contributed by atoms with van der Waals surface area (Å²) in [6.07, 6.45) is 5.30. The van der Waals surface area contributed by atoms with Crippen molar-refractivity contribution in [3.05, 3.63) is 41.7 Å². The third kappa shape index (κ3) is 2.90. The molecule has 3 aliphatic heterocycles. The first-order valence-electron chi connectivity index (χ1n) is 7.18. The van der Waals surface area contributed by atoms with Crippen LogP contribution < -0.4 is 5.32 Å². The molecule has 1 amide bonds. The SMILES string of the molecule is O=C(C=Cc1ccccc1F)NC1CN2CCC1CC2. The molecule has 0 saturated carbocycles. The van der Waals surface area contributed by atoms with Gasteiger partial charge in [-0.15, -0.1) is 0 Å². The average molecular weight is 274 g/mol. The van der Waals surface area contributed by atoms with Crippen molar-refractivity contribution in [1.82, 2.24) is 10.2 Å². The fourth-order valence-corrected chi connectivity index (χ4v) is 3.14. The van der Waals surface area contributed by atoms with E-state index in [0.29, 0.717) is 11.5 Å². The van der Waals surface area contributed by atoms with Crippen LogP contribution in [-0.4, -0.2) is 36.5 Å². The Morgan fingerprint density at radius 2 is 2.05 bits per heavy atom. The Morgan fingerprint density at radius 1 is 1.30 bits per heavy atom. The van der Waals surface area contributed by atoms with Crippen molar-refractivity contribution in [3.8, 4) is 0 Å². The minimum absolute atomic E-state index is 0.132. The Morgan fingerprint density at radius 3 is 2.70 bits per heavy atom. The number of hydrogen-bond acceptors (Lipinski definition) is 2. The van der Waals surface area contributed by atoms with Gasteiger partial charge in [0.15, 0.2) is 0 Å². The average Bonchev–Trinajstić information content (AvgIpc) is 2.48. The van der Waals surface area contributed by atoms with Crippen LogP contribution in [0.3, 0.4) is 0 Å². The lowest BCUT2D eigenvalue weighted by atomic mass is 9.84. The zero-order chi connectivity index (χ0) is 13.9. The molecule has 3 heterocycles. The summed E-state index contributed by atoms with van der Waals surface area (Å²) < 4.78 is 13.4. The second kappa shape index (κ2) is 5.75. The Kier molecular flexibility index (Phi) is 3.83. The first-order chi connectivity index (χ1) is 9.72. The molecule has 3 fully saturated rings. The van der Waals surface area contributed by atoms with Gasteiger partial charge in [0.05, 0.1) is 0 Å². The monoisotopic (exact) mass is 274 g/mol. The maximum Gasteiger partial charge on any atom is 0.244 e. The van der Waals surface area contributed by atoms with Gasteiger partial charge in [-0.2, -0.15) is 0 Å². The van der Waals surface area contributed by atoms with Gasteiger partial charge in [0.2, 0.25) is 5.91 Å². The highest BCUT2D eigenvalue weighted by Crippen LogP contribution is 2.27. The summed E-state index contributed by atoms with van der Waals surface area (Å²) in [5.41, 5.74) is 0.441. The van der Waals surface area contributed by atoms with Crippen LogP contribution >= 0.6 is 0 Å². The number of carbonyl (C=O) groups excluding carboxylic acids is 1. The predicted molar refractivity (Wildman–Crippen MR) is 76.5 cm³/mol. The molecule has 3 saturated heterocycles. The second-order valence-electron chi connectivity index (χ2n) is 5.61. The topological polar surface area (TPSA) is 32.3 Å². The number of hydrogen-bond donors (Lipinski definition) is 1. The summed E-state index contributed by atoms with van der Waals surface area (Å²) in [5, 5.41) is 3.05. The van der Waals surface area contributed by atoms with Crippen LogP contribution in [0.25, 0.3) is 6.08 Å². The number of rotatable bonds is 3. The Bertz CT molecular complexity index is 521. The molecule has 1 N–H and O–H groups in total. The van der Waals surface area contributed by atoms with E-state index < -0.39 is 0 Å². The minimum atomic E-state index is -0.306. The number of halogens is 1. The van der Waals surface area contributed by atoms with E-state index in [2.05, 4.69) is 10.2 Å². The number of carbonyl (C=O) groups is 1. The third-order valence-electron chi connectivity index (χ3n) is 4.30. The van der Waals surface area contributed by atoms with Crippen molar-refractivity contribution in [2.45, 2.75) is 18.9 Å². The fourth-order valence-electron chi connectivity index (χ4n) is 3.14. The number of benzene rings is 1. The molecule has 3 aliphatic rings. The van der Waals surface area contributed by atoms with Gasteiger partial charge in [-0.3, -0.25) is 4.79 Å². The summed E-state index contributed by atoms with van der Waals surface area (Å²) in [6.45, 7) is 3.26. The standard InChI is InChI=1S/C16H19FN2O/c17-14-4-2-1-3-12(14)5-6-16(20)18-15-11-19-9-7-13(15)8-10-19/h1-6,13,15H,7-11H2,(H,18,20). The van der Waals surface area contributed by atoms with E-state index in [1.165, 1.54) is 31.1 Å². The van der Waals surface area contributed by atoms with Crippen LogP contribution in [-0.2, 0) is 4.79 Å². The highest BCUT2D eigenvalue weighted by atomic mass is 19.1. The van der Waals surface area contributed by atoms with E-state index in [-0.39, 0.29) is 17.8 Å². The number of fused-ring (bicyclic) bond motifs is 3. The van der Waals surface area contributed by atoms with Crippen molar-refractivity contribution in [1.29, 1.82) is 0 Å². The molecule has 2 bridgehead atoms.